The number of hydrogen-bond acceptors (Lipinski definition) is 3. The highest BCUT2D eigenvalue weighted by Gasteiger charge is 2.16. The Balaban J connectivity index is 1.80. The van der Waals surface area contributed by atoms with Gasteiger partial charge in [0.2, 0.25) is 0 Å². The molecule has 3 heterocycles. The lowest BCUT2D eigenvalue weighted by molar-refractivity contribution is 0.508. The third-order valence-corrected chi connectivity index (χ3v) is 4.55. The Morgan fingerprint density at radius 2 is 2.47 bits per heavy atom. The Labute approximate surface area is 106 Å². The van der Waals surface area contributed by atoms with E-state index in [2.05, 4.69) is 40.9 Å². The molecule has 2 aromatic heterocycles. The van der Waals surface area contributed by atoms with Gasteiger partial charge < -0.3 is 0 Å². The highest BCUT2D eigenvalue weighted by Crippen LogP contribution is 2.24. The summed E-state index contributed by atoms with van der Waals surface area (Å²) in [7, 11) is 0. The number of aromatic nitrogens is 3. The van der Waals surface area contributed by atoms with Crippen LogP contribution in [-0.4, -0.2) is 26.1 Å². The van der Waals surface area contributed by atoms with Crippen molar-refractivity contribution in [3.63, 3.8) is 0 Å². The van der Waals surface area contributed by atoms with Gasteiger partial charge in [-0.1, -0.05) is 0 Å². The van der Waals surface area contributed by atoms with Gasteiger partial charge in [-0.25, -0.2) is 9.50 Å². The van der Waals surface area contributed by atoms with E-state index in [1.54, 1.807) is 0 Å². The van der Waals surface area contributed by atoms with E-state index in [0.717, 1.165) is 23.8 Å². The fraction of sp³-hybridized carbons (Fsp3) is 0.538. The zero-order valence-corrected chi connectivity index (χ0v) is 10.9. The second-order valence-electron chi connectivity index (χ2n) is 4.82. The molecule has 0 N–H and O–H groups in total. The molecule has 90 valence electrons. The molecule has 3 rings (SSSR count). The number of hydrogen-bond donors (Lipinski definition) is 0. The quantitative estimate of drug-likeness (QED) is 0.817. The van der Waals surface area contributed by atoms with Crippen LogP contribution in [0.2, 0.25) is 0 Å². The fourth-order valence-electron chi connectivity index (χ4n) is 2.34. The van der Waals surface area contributed by atoms with Crippen LogP contribution in [-0.2, 0) is 6.42 Å². The molecule has 1 fully saturated rings. The van der Waals surface area contributed by atoms with Crippen LogP contribution >= 0.6 is 11.8 Å². The van der Waals surface area contributed by atoms with Crippen molar-refractivity contribution in [2.75, 3.05) is 11.5 Å². The van der Waals surface area contributed by atoms with E-state index in [0.29, 0.717) is 0 Å². The lowest BCUT2D eigenvalue weighted by Crippen LogP contribution is -2.13. The number of fused-ring (bicyclic) bond motifs is 1. The summed E-state index contributed by atoms with van der Waals surface area (Å²) >= 11 is 2.07. The Hall–Kier alpha value is -1.03. The molecule has 2 aromatic rings. The van der Waals surface area contributed by atoms with Gasteiger partial charge in [-0.3, -0.25) is 0 Å². The largest absolute Gasteiger partial charge is 0.221 e. The van der Waals surface area contributed by atoms with Crippen LogP contribution in [0.25, 0.3) is 5.65 Å². The zero-order valence-electron chi connectivity index (χ0n) is 10.1. The summed E-state index contributed by atoms with van der Waals surface area (Å²) in [5.41, 5.74) is 2.22. The highest BCUT2D eigenvalue weighted by atomic mass is 32.2. The topological polar surface area (TPSA) is 30.2 Å². The van der Waals surface area contributed by atoms with E-state index in [1.807, 2.05) is 10.7 Å². The number of nitrogens with zero attached hydrogens (tertiary/aromatic N) is 3. The Kier molecular flexibility index (Phi) is 3.05. The molecule has 0 saturated carbocycles. The predicted octanol–water partition coefficient (Wildman–Crippen LogP) is 2.72. The summed E-state index contributed by atoms with van der Waals surface area (Å²) in [6.07, 6.45) is 5.72. The second kappa shape index (κ2) is 4.69. The molecule has 1 saturated heterocycles. The van der Waals surface area contributed by atoms with Crippen molar-refractivity contribution in [1.29, 1.82) is 0 Å². The molecular weight excluding hydrogens is 230 g/mol. The summed E-state index contributed by atoms with van der Waals surface area (Å²) in [6, 6.07) is 4.16. The molecule has 1 unspecified atom stereocenters. The van der Waals surface area contributed by atoms with Gasteiger partial charge >= 0.3 is 0 Å². The van der Waals surface area contributed by atoms with E-state index in [1.165, 1.54) is 29.9 Å². The van der Waals surface area contributed by atoms with E-state index in [4.69, 9.17) is 0 Å². The van der Waals surface area contributed by atoms with Gasteiger partial charge in [-0.2, -0.15) is 16.9 Å². The minimum atomic E-state index is 0.771. The van der Waals surface area contributed by atoms with Crippen molar-refractivity contribution in [2.45, 2.75) is 26.2 Å². The lowest BCUT2D eigenvalue weighted by Gasteiger charge is -2.19. The summed E-state index contributed by atoms with van der Waals surface area (Å²) < 4.78 is 1.89. The fourth-order valence-corrected chi connectivity index (χ4v) is 3.50. The van der Waals surface area contributed by atoms with Gasteiger partial charge in [0.05, 0.1) is 0 Å². The standard InChI is InChI=1S/C13H17N3S/c1-10-4-5-16-13(7-10)14-12(15-16)8-11-3-2-6-17-9-11/h4-5,7,11H,2-3,6,8-9H2,1H3. The van der Waals surface area contributed by atoms with E-state index in [9.17, 15) is 0 Å². The molecule has 0 spiro atoms. The second-order valence-corrected chi connectivity index (χ2v) is 5.97. The maximum atomic E-state index is 4.61. The van der Waals surface area contributed by atoms with E-state index >= 15 is 0 Å². The highest BCUT2D eigenvalue weighted by molar-refractivity contribution is 7.99. The van der Waals surface area contributed by atoms with E-state index in [-0.39, 0.29) is 0 Å². The third-order valence-electron chi connectivity index (χ3n) is 3.26. The number of rotatable bonds is 2. The molecule has 0 aromatic carbocycles. The molecule has 1 aliphatic heterocycles. The molecule has 0 aliphatic carbocycles. The summed E-state index contributed by atoms with van der Waals surface area (Å²) in [4.78, 5) is 4.61. The van der Waals surface area contributed by atoms with Crippen LogP contribution in [0, 0.1) is 12.8 Å². The molecule has 1 atom stereocenters. The molecule has 0 radical (unpaired) electrons. The van der Waals surface area contributed by atoms with Crippen LogP contribution in [0.3, 0.4) is 0 Å². The summed E-state index contributed by atoms with van der Waals surface area (Å²) in [5, 5.41) is 4.54. The van der Waals surface area contributed by atoms with E-state index < -0.39 is 0 Å². The molecule has 0 amide bonds. The summed E-state index contributed by atoms with van der Waals surface area (Å²) in [5.74, 6) is 4.37. The van der Waals surface area contributed by atoms with Crippen molar-refractivity contribution >= 4 is 17.4 Å². The minimum absolute atomic E-state index is 0.771. The molecule has 0 bridgehead atoms. The number of thioether (sulfide) groups is 1. The van der Waals surface area contributed by atoms with Crippen LogP contribution < -0.4 is 0 Å². The van der Waals surface area contributed by atoms with Gasteiger partial charge in [0, 0.05) is 12.6 Å². The average Bonchev–Trinajstić information content (AvgIpc) is 2.71. The third kappa shape index (κ3) is 2.46. The first kappa shape index (κ1) is 11.1. The van der Waals surface area contributed by atoms with Gasteiger partial charge in [-0.05, 0) is 54.9 Å². The van der Waals surface area contributed by atoms with Crippen LogP contribution in [0.1, 0.15) is 24.2 Å². The lowest BCUT2D eigenvalue weighted by atomic mass is 10.0. The molecule has 1 aliphatic rings. The SMILES string of the molecule is Cc1ccn2nc(CC3CCCSC3)nc2c1. The number of pyridine rings is 1. The minimum Gasteiger partial charge on any atom is -0.221 e. The van der Waals surface area contributed by atoms with Crippen molar-refractivity contribution in [3.8, 4) is 0 Å². The van der Waals surface area contributed by atoms with Crippen molar-refractivity contribution in [3.05, 3.63) is 29.7 Å². The van der Waals surface area contributed by atoms with Crippen LogP contribution in [0.15, 0.2) is 18.3 Å². The number of aryl methyl sites for hydroxylation is 1. The first-order chi connectivity index (χ1) is 8.31. The maximum Gasteiger partial charge on any atom is 0.155 e. The molecule has 3 nitrogen and oxygen atoms in total. The zero-order chi connectivity index (χ0) is 11.7. The molecular formula is C13H17N3S. The van der Waals surface area contributed by atoms with Crippen molar-refractivity contribution in [2.24, 2.45) is 5.92 Å². The van der Waals surface area contributed by atoms with Gasteiger partial charge in [0.25, 0.3) is 0 Å². The monoisotopic (exact) mass is 247 g/mol. The maximum absolute atomic E-state index is 4.61. The van der Waals surface area contributed by atoms with Gasteiger partial charge in [-0.15, -0.1) is 0 Å². The smallest absolute Gasteiger partial charge is 0.155 e. The van der Waals surface area contributed by atoms with Gasteiger partial charge in [0.1, 0.15) is 0 Å². The molecule has 4 heteroatoms. The van der Waals surface area contributed by atoms with Gasteiger partial charge in [0.15, 0.2) is 11.5 Å². The molecule has 17 heavy (non-hydrogen) atoms. The first-order valence-corrected chi connectivity index (χ1v) is 7.36. The van der Waals surface area contributed by atoms with Crippen LogP contribution in [0.4, 0.5) is 0 Å². The average molecular weight is 247 g/mol. The summed E-state index contributed by atoms with van der Waals surface area (Å²) in [6.45, 7) is 2.09. The van der Waals surface area contributed by atoms with Crippen molar-refractivity contribution in [1.82, 2.24) is 14.6 Å². The predicted molar refractivity (Wildman–Crippen MR) is 71.5 cm³/mol. The van der Waals surface area contributed by atoms with Crippen LogP contribution in [0.5, 0.6) is 0 Å². The van der Waals surface area contributed by atoms with Crippen molar-refractivity contribution < 1.29 is 0 Å². The Morgan fingerprint density at radius 1 is 1.53 bits per heavy atom. The Bertz CT molecular complexity index is 514. The normalized spacial score (nSPS) is 20.9. The first-order valence-electron chi connectivity index (χ1n) is 6.21. The Morgan fingerprint density at radius 3 is 3.29 bits per heavy atom.